The molecule has 2 aliphatic rings. The van der Waals surface area contributed by atoms with Gasteiger partial charge in [0.15, 0.2) is 5.82 Å². The number of halogens is 7. The first-order chi connectivity index (χ1) is 25.5. The summed E-state index contributed by atoms with van der Waals surface area (Å²) in [5.41, 5.74) is -0.458. The molecular weight excluding hydrogens is 736 g/mol. The van der Waals surface area contributed by atoms with Crippen LogP contribution in [0.3, 0.4) is 0 Å². The first kappa shape index (κ1) is 37.3. The lowest BCUT2D eigenvalue weighted by molar-refractivity contribution is -0.122. The fourth-order valence-corrected chi connectivity index (χ4v) is 7.60. The molecule has 3 atom stereocenters. The van der Waals surface area contributed by atoms with Gasteiger partial charge in [-0.1, -0.05) is 23.6 Å². The van der Waals surface area contributed by atoms with Gasteiger partial charge < -0.3 is 15.7 Å². The van der Waals surface area contributed by atoms with Gasteiger partial charge in [-0.05, 0) is 74.4 Å². The lowest BCUT2D eigenvalue weighted by atomic mass is 9.89. The van der Waals surface area contributed by atoms with Gasteiger partial charge in [-0.3, -0.25) is 14.2 Å². The zero-order chi connectivity index (χ0) is 38.9. The number of anilines is 1. The fraction of sp³-hybridized carbons (Fsp3) is 0.368. The van der Waals surface area contributed by atoms with E-state index in [0.29, 0.717) is 43.2 Å². The molecule has 0 aliphatic heterocycles. The highest BCUT2D eigenvalue weighted by Crippen LogP contribution is 2.68. The summed E-state index contributed by atoms with van der Waals surface area (Å²) in [4.78, 5) is 18.3. The summed E-state index contributed by atoms with van der Waals surface area (Å²) in [6, 6.07) is 9.81. The average Bonchev–Trinajstić information content (AvgIpc) is 3.62. The summed E-state index contributed by atoms with van der Waals surface area (Å²) in [5, 5.41) is 25.3. The molecule has 7 rings (SSSR count). The molecule has 3 aromatic heterocycles. The molecule has 3 heterocycles. The van der Waals surface area contributed by atoms with E-state index >= 15 is 8.78 Å². The summed E-state index contributed by atoms with van der Waals surface area (Å²) in [6.07, 6.45) is -3.10. The van der Waals surface area contributed by atoms with E-state index in [1.54, 1.807) is 43.0 Å². The maximum Gasteiger partial charge on any atom is 0.293 e. The Morgan fingerprint density at radius 3 is 2.46 bits per heavy atom. The Labute approximate surface area is 310 Å². The van der Waals surface area contributed by atoms with E-state index in [1.165, 1.54) is 13.8 Å². The van der Waals surface area contributed by atoms with E-state index in [-0.39, 0.29) is 36.2 Å². The van der Waals surface area contributed by atoms with Crippen LogP contribution < -0.4 is 10.6 Å². The number of pyridine rings is 1. The van der Waals surface area contributed by atoms with Gasteiger partial charge in [-0.15, -0.1) is 0 Å². The Morgan fingerprint density at radius 1 is 1.09 bits per heavy atom. The molecule has 5 aromatic rings. The summed E-state index contributed by atoms with van der Waals surface area (Å²) in [7, 11) is 3.42. The second kappa shape index (κ2) is 13.7. The topological polar surface area (TPSA) is 110 Å². The van der Waals surface area contributed by atoms with Crippen LogP contribution in [-0.2, 0) is 30.7 Å². The van der Waals surface area contributed by atoms with Crippen LogP contribution in [0.25, 0.3) is 22.0 Å². The van der Waals surface area contributed by atoms with Crippen molar-refractivity contribution in [2.45, 2.75) is 63.0 Å². The predicted octanol–water partition coefficient (Wildman–Crippen LogP) is 7.22. The third-order valence-corrected chi connectivity index (χ3v) is 10.00. The number of carbonyl (C=O) groups is 1. The Balaban J connectivity index is 1.31. The Kier molecular flexibility index (Phi) is 9.42. The number of hydrogen-bond donors (Lipinski definition) is 3. The van der Waals surface area contributed by atoms with Gasteiger partial charge in [0.1, 0.15) is 40.9 Å². The number of amides is 1. The second-order valence-corrected chi connectivity index (χ2v) is 14.5. The van der Waals surface area contributed by atoms with E-state index in [0.717, 1.165) is 18.2 Å². The molecule has 2 aromatic carbocycles. The Morgan fingerprint density at radius 2 is 1.80 bits per heavy atom. The number of benzene rings is 2. The zero-order valence-electron chi connectivity index (χ0n) is 29.4. The largest absolute Gasteiger partial charge is 0.378 e. The van der Waals surface area contributed by atoms with Crippen LogP contribution in [0.1, 0.15) is 72.4 Å². The van der Waals surface area contributed by atoms with Gasteiger partial charge >= 0.3 is 0 Å². The summed E-state index contributed by atoms with van der Waals surface area (Å²) >= 11 is 6.63. The van der Waals surface area contributed by atoms with Crippen molar-refractivity contribution in [3.63, 3.8) is 0 Å². The molecule has 3 N–H and O–H groups in total. The van der Waals surface area contributed by atoms with Crippen LogP contribution >= 0.6 is 11.6 Å². The maximum atomic E-state index is 15.2. The third kappa shape index (κ3) is 6.88. The van der Waals surface area contributed by atoms with Gasteiger partial charge in [0.25, 0.3) is 12.3 Å². The molecular formula is C38H34ClF6N7O2. The van der Waals surface area contributed by atoms with Gasteiger partial charge in [-0.25, -0.2) is 22.5 Å². The first-order valence-electron chi connectivity index (χ1n) is 17.0. The molecule has 0 spiro atoms. The number of rotatable bonds is 10. The third-order valence-electron chi connectivity index (χ3n) is 9.68. The van der Waals surface area contributed by atoms with Crippen molar-refractivity contribution in [2.24, 2.45) is 13.0 Å². The molecule has 1 amide bonds. The monoisotopic (exact) mass is 769 g/mol. The minimum atomic E-state index is -3.42. The predicted molar refractivity (Wildman–Crippen MR) is 189 cm³/mol. The molecule has 0 radical (unpaired) electrons. The van der Waals surface area contributed by atoms with Crippen molar-refractivity contribution in [2.75, 3.05) is 18.9 Å². The average molecular weight is 770 g/mol. The minimum Gasteiger partial charge on any atom is -0.378 e. The highest BCUT2D eigenvalue weighted by molar-refractivity contribution is 6.37. The number of fused-ring (bicyclic) bond motifs is 4. The summed E-state index contributed by atoms with van der Waals surface area (Å²) < 4.78 is 89.5. The molecule has 1 fully saturated rings. The van der Waals surface area contributed by atoms with Crippen LogP contribution in [-0.4, -0.2) is 54.8 Å². The van der Waals surface area contributed by atoms with Gasteiger partial charge in [-0.2, -0.15) is 19.0 Å². The molecule has 1 saturated carbocycles. The number of aromatic nitrogens is 5. The van der Waals surface area contributed by atoms with Crippen molar-refractivity contribution < 1.29 is 36.2 Å². The van der Waals surface area contributed by atoms with Crippen LogP contribution in [0.4, 0.5) is 32.2 Å². The van der Waals surface area contributed by atoms with Crippen molar-refractivity contribution in [1.82, 2.24) is 29.9 Å². The van der Waals surface area contributed by atoms with Crippen molar-refractivity contribution in [3.8, 4) is 23.0 Å². The SMILES string of the molecule is CNc1nn(C)c2c(-c3ccc(C#CC(C)(C)O)nc3C(CNC(=O)Cn3nc(C(F)F)c4c3C(F)(F)[C@@H]3C[C@H]43)Cc3cc(F)cc(F)c3)ccc(Cl)c12. The molecule has 16 heteroatoms. The number of alkyl halides is 4. The number of carbonyl (C=O) groups excluding carboxylic acids is 1. The van der Waals surface area contributed by atoms with Crippen LogP contribution in [0.15, 0.2) is 42.5 Å². The highest BCUT2D eigenvalue weighted by Gasteiger charge is 2.67. The minimum absolute atomic E-state index is 0.0730. The lowest BCUT2D eigenvalue weighted by Gasteiger charge is -2.22. The van der Waals surface area contributed by atoms with Crippen LogP contribution in [0, 0.1) is 29.4 Å². The van der Waals surface area contributed by atoms with E-state index in [2.05, 4.69) is 32.7 Å². The highest BCUT2D eigenvalue weighted by atomic mass is 35.5. The van der Waals surface area contributed by atoms with Gasteiger partial charge in [0, 0.05) is 55.2 Å². The standard InChI is InChI=1S/C38H34ClF6N7O2/c1-37(2,54)10-9-22-5-6-23(24-7-8-27(39)30-33(24)51(4)50-36(30)46-3)31(48-22)19(11-18-12-20(40)14-21(41)13-18)16-47-28(53)17-52-34-29(32(49-52)35(42)43)25-15-26(25)38(34,44)45/h5-8,12-14,19,25-26,35,54H,11,15-17H2,1-4H3,(H,46,50)(H,47,53)/t19?,25-,26+/m0/s1. The molecule has 54 heavy (non-hydrogen) atoms. The van der Waals surface area contributed by atoms with E-state index < -0.39 is 71.2 Å². The summed E-state index contributed by atoms with van der Waals surface area (Å²) in [6.45, 7) is 1.98. The number of nitrogens with one attached hydrogen (secondary N) is 2. The van der Waals surface area contributed by atoms with Gasteiger partial charge in [0.05, 0.1) is 21.6 Å². The molecule has 1 unspecified atom stereocenters. The normalized spacial score (nSPS) is 17.6. The molecule has 282 valence electrons. The van der Waals surface area contributed by atoms with Crippen LogP contribution in [0.5, 0.6) is 0 Å². The maximum absolute atomic E-state index is 15.2. The van der Waals surface area contributed by atoms with Crippen molar-refractivity contribution in [1.29, 1.82) is 0 Å². The quantitative estimate of drug-likeness (QED) is 0.102. The molecule has 0 bridgehead atoms. The van der Waals surface area contributed by atoms with Gasteiger partial charge in [0.2, 0.25) is 5.91 Å². The molecule has 9 nitrogen and oxygen atoms in total. The van der Waals surface area contributed by atoms with Crippen molar-refractivity contribution >= 4 is 34.2 Å². The zero-order valence-corrected chi connectivity index (χ0v) is 30.2. The smallest absolute Gasteiger partial charge is 0.293 e. The lowest BCUT2D eigenvalue weighted by Crippen LogP contribution is -2.34. The number of aryl methyl sites for hydroxylation is 1. The summed E-state index contributed by atoms with van der Waals surface area (Å²) in [5.74, 6) is -2.51. The fourth-order valence-electron chi connectivity index (χ4n) is 7.36. The second-order valence-electron chi connectivity index (χ2n) is 14.1. The molecule has 0 saturated heterocycles. The number of aliphatic hydroxyl groups is 1. The van der Waals surface area contributed by atoms with E-state index in [9.17, 15) is 27.5 Å². The number of hydrogen-bond acceptors (Lipinski definition) is 6. The Bertz CT molecular complexity index is 2360. The van der Waals surface area contributed by atoms with Crippen molar-refractivity contribution in [3.05, 3.63) is 93.0 Å². The number of nitrogens with zero attached hydrogens (tertiary/aromatic N) is 5. The first-order valence-corrected chi connectivity index (χ1v) is 17.4. The Hall–Kier alpha value is -5.07. The van der Waals surface area contributed by atoms with Crippen LogP contribution in [0.2, 0.25) is 5.02 Å². The van der Waals surface area contributed by atoms with E-state index in [4.69, 9.17) is 16.6 Å². The van der Waals surface area contributed by atoms with E-state index in [1.807, 2.05) is 0 Å². The molecule has 2 aliphatic carbocycles.